The molecule has 3 unspecified atom stereocenters. The van der Waals surface area contributed by atoms with Crippen LogP contribution in [0.3, 0.4) is 0 Å². The van der Waals surface area contributed by atoms with E-state index >= 15 is 0 Å². The average molecular weight is 482 g/mol. The number of nitrogens with one attached hydrogen (secondary N) is 1. The molecule has 31 heavy (non-hydrogen) atoms. The van der Waals surface area contributed by atoms with Crippen LogP contribution in [0.25, 0.3) is 0 Å². The van der Waals surface area contributed by atoms with Gasteiger partial charge in [0.25, 0.3) is 5.56 Å². The number of fused-ring (bicyclic) bond motifs is 1. The molecule has 12 nitrogen and oxygen atoms in total. The number of aliphatic hydroxyl groups excluding tert-OH is 4. The Morgan fingerprint density at radius 2 is 2.13 bits per heavy atom. The molecule has 0 amide bonds. The van der Waals surface area contributed by atoms with Crippen LogP contribution in [0.1, 0.15) is 20.1 Å². The van der Waals surface area contributed by atoms with Gasteiger partial charge in [-0.25, -0.2) is 4.79 Å². The highest BCUT2D eigenvalue weighted by Crippen LogP contribution is 2.63. The maximum absolute atomic E-state index is 12.1. The molecule has 1 saturated heterocycles. The molecule has 5 N–H and O–H groups in total. The lowest BCUT2D eigenvalue weighted by atomic mass is 9.96. The van der Waals surface area contributed by atoms with Gasteiger partial charge in [-0.3, -0.25) is 18.9 Å². The molecular formula is C17H27N2O10PS. The van der Waals surface area contributed by atoms with Crippen molar-refractivity contribution in [1.82, 2.24) is 9.55 Å². The van der Waals surface area contributed by atoms with Gasteiger partial charge in [0, 0.05) is 23.4 Å². The summed E-state index contributed by atoms with van der Waals surface area (Å²) >= 11 is 1.14. The first-order chi connectivity index (χ1) is 14.6. The Balaban J connectivity index is 1.51. The van der Waals surface area contributed by atoms with Crippen molar-refractivity contribution in [1.29, 1.82) is 0 Å². The number of thioether (sulfide) groups is 1. The third-order valence-corrected chi connectivity index (χ3v) is 7.85. The van der Waals surface area contributed by atoms with Gasteiger partial charge >= 0.3 is 13.9 Å². The van der Waals surface area contributed by atoms with E-state index in [1.165, 1.54) is 6.20 Å². The molecule has 176 valence electrons. The van der Waals surface area contributed by atoms with Gasteiger partial charge in [-0.1, -0.05) is 13.8 Å². The van der Waals surface area contributed by atoms with E-state index in [2.05, 4.69) is 4.98 Å². The zero-order valence-electron chi connectivity index (χ0n) is 17.0. The zero-order valence-corrected chi connectivity index (χ0v) is 18.8. The summed E-state index contributed by atoms with van der Waals surface area (Å²) in [6.07, 6.45) is -3.01. The van der Waals surface area contributed by atoms with E-state index < -0.39 is 66.9 Å². The molecule has 2 fully saturated rings. The normalized spacial score (nSPS) is 31.9. The second kappa shape index (κ2) is 9.46. The fourth-order valence-corrected chi connectivity index (χ4v) is 5.39. The molecule has 0 aromatic carbocycles. The minimum absolute atomic E-state index is 0.0172. The van der Waals surface area contributed by atoms with E-state index in [0.717, 1.165) is 22.4 Å². The van der Waals surface area contributed by atoms with Crippen LogP contribution in [0, 0.1) is 10.8 Å². The van der Waals surface area contributed by atoms with Crippen LogP contribution in [-0.2, 0) is 18.3 Å². The lowest BCUT2D eigenvalue weighted by Crippen LogP contribution is -2.40. The largest absolute Gasteiger partial charge is 0.396 e. The van der Waals surface area contributed by atoms with Crippen molar-refractivity contribution in [3.8, 4) is 0 Å². The topological polar surface area (TPSA) is 181 Å². The molecule has 7 atom stereocenters. The quantitative estimate of drug-likeness (QED) is 0.143. The van der Waals surface area contributed by atoms with Gasteiger partial charge in [-0.05, 0) is 0 Å². The molecule has 1 aliphatic carbocycles. The summed E-state index contributed by atoms with van der Waals surface area (Å²) in [7, 11) is -2.98. The van der Waals surface area contributed by atoms with E-state index in [9.17, 15) is 34.6 Å². The van der Waals surface area contributed by atoms with Crippen molar-refractivity contribution in [2.75, 3.05) is 25.6 Å². The zero-order chi connectivity index (χ0) is 23.0. The monoisotopic (exact) mass is 482 g/mol. The van der Waals surface area contributed by atoms with Crippen molar-refractivity contribution >= 4 is 20.0 Å². The fraction of sp³-hybridized carbons (Fsp3) is 0.765. The Kier molecular flexibility index (Phi) is 7.51. The van der Waals surface area contributed by atoms with Crippen LogP contribution >= 0.6 is 20.0 Å². The van der Waals surface area contributed by atoms with E-state index in [1.54, 1.807) is 13.8 Å². The van der Waals surface area contributed by atoms with Gasteiger partial charge in [-0.15, -0.1) is 11.8 Å². The molecule has 2 aliphatic rings. The van der Waals surface area contributed by atoms with Crippen LogP contribution < -0.4 is 11.2 Å². The molecule has 0 radical (unpaired) electrons. The van der Waals surface area contributed by atoms with Gasteiger partial charge in [0.2, 0.25) is 0 Å². The van der Waals surface area contributed by atoms with Crippen LogP contribution in [0.4, 0.5) is 0 Å². The summed E-state index contributed by atoms with van der Waals surface area (Å²) in [6.45, 7) is 2.70. The molecule has 3 rings (SSSR count). The highest BCUT2D eigenvalue weighted by Gasteiger charge is 2.78. The second-order valence-electron chi connectivity index (χ2n) is 8.19. The lowest BCUT2D eigenvalue weighted by Gasteiger charge is -2.27. The third-order valence-electron chi connectivity index (χ3n) is 5.61. The second-order valence-corrected chi connectivity index (χ2v) is 10.4. The molecule has 2 heterocycles. The van der Waals surface area contributed by atoms with Crippen LogP contribution in [0.15, 0.2) is 21.9 Å². The molecule has 0 spiro atoms. The first kappa shape index (κ1) is 24.6. The van der Waals surface area contributed by atoms with Gasteiger partial charge < -0.3 is 34.2 Å². The number of H-pyrrole nitrogens is 1. The van der Waals surface area contributed by atoms with Gasteiger partial charge in [0.05, 0.1) is 25.2 Å². The SMILES string of the molecule is CC(C)(CO)C(O)SCCO[PH](=O)OC1[C@H]2O[C@@H](n3ccc(=O)[nH]c3=O)[C@H](O)[C@@]12CO. The fourth-order valence-electron chi connectivity index (χ4n) is 3.43. The molecule has 1 aromatic heterocycles. The van der Waals surface area contributed by atoms with E-state index in [1.807, 2.05) is 0 Å². The summed E-state index contributed by atoms with van der Waals surface area (Å²) < 4.78 is 29.3. The van der Waals surface area contributed by atoms with Gasteiger partial charge in [0.15, 0.2) is 6.23 Å². The summed E-state index contributed by atoms with van der Waals surface area (Å²) in [4.78, 5) is 25.2. The van der Waals surface area contributed by atoms with E-state index in [4.69, 9.17) is 13.8 Å². The summed E-state index contributed by atoms with van der Waals surface area (Å²) in [5, 5.41) is 39.7. The number of nitrogens with zero attached hydrogens (tertiary/aromatic N) is 1. The average Bonchev–Trinajstić information content (AvgIpc) is 3.22. The lowest BCUT2D eigenvalue weighted by molar-refractivity contribution is -0.0817. The maximum atomic E-state index is 12.1. The Bertz CT molecular complexity index is 923. The number of ether oxygens (including phenoxy) is 1. The predicted molar refractivity (Wildman–Crippen MR) is 110 cm³/mol. The van der Waals surface area contributed by atoms with E-state index in [0.29, 0.717) is 5.75 Å². The standard InChI is InChI=1S/C17H27N2O10PS/c1-16(2,7-20)14(24)31-6-5-27-30(26)29-12-11-17(12,8-21)10(23)13(28-11)19-4-3-9(22)18-15(19)25/h3-4,10-14,20-21,23-24,30H,5-8H2,1-2H3,(H,18,22,25)/t10-,11+,12?,13+,14?,17+/m0/s1. The summed E-state index contributed by atoms with van der Waals surface area (Å²) in [6, 6.07) is 1.10. The van der Waals surface area contributed by atoms with E-state index in [-0.39, 0.29) is 13.2 Å². The Labute approximate surface area is 182 Å². The van der Waals surface area contributed by atoms with Gasteiger partial charge in [-0.2, -0.15) is 0 Å². The highest BCUT2D eigenvalue weighted by atomic mass is 32.2. The highest BCUT2D eigenvalue weighted by molar-refractivity contribution is 7.99. The third kappa shape index (κ3) is 4.70. The molecule has 1 aromatic rings. The number of aromatic amines is 1. The Morgan fingerprint density at radius 3 is 2.71 bits per heavy atom. The molecule has 1 saturated carbocycles. The number of hydrogen-bond acceptors (Lipinski definition) is 11. The van der Waals surface area contributed by atoms with Crippen molar-refractivity contribution in [2.24, 2.45) is 10.8 Å². The number of hydrogen-bond donors (Lipinski definition) is 5. The van der Waals surface area contributed by atoms with Crippen molar-refractivity contribution in [3.63, 3.8) is 0 Å². The minimum Gasteiger partial charge on any atom is -0.396 e. The smallest absolute Gasteiger partial charge is 0.330 e. The molecule has 1 aliphatic heterocycles. The van der Waals surface area contributed by atoms with Crippen molar-refractivity contribution < 1.29 is 38.8 Å². The Hall–Kier alpha value is -1.02. The number of aliphatic hydroxyl groups is 4. The Morgan fingerprint density at radius 1 is 1.42 bits per heavy atom. The van der Waals surface area contributed by atoms with Crippen LogP contribution in [-0.4, -0.2) is 79.3 Å². The first-order valence-corrected chi connectivity index (χ1v) is 11.9. The van der Waals surface area contributed by atoms with Crippen molar-refractivity contribution in [3.05, 3.63) is 33.1 Å². The van der Waals surface area contributed by atoms with Crippen LogP contribution in [0.5, 0.6) is 0 Å². The molecule has 14 heteroatoms. The van der Waals surface area contributed by atoms with Crippen LogP contribution in [0.2, 0.25) is 0 Å². The van der Waals surface area contributed by atoms with Crippen molar-refractivity contribution in [2.45, 2.75) is 43.8 Å². The predicted octanol–water partition coefficient (Wildman–Crippen LogP) is -1.35. The summed E-state index contributed by atoms with van der Waals surface area (Å²) in [5.74, 6) is 0.305. The first-order valence-electron chi connectivity index (χ1n) is 9.58. The van der Waals surface area contributed by atoms with Gasteiger partial charge in [0.1, 0.15) is 23.7 Å². The minimum atomic E-state index is -2.98. The maximum Gasteiger partial charge on any atom is 0.330 e. The summed E-state index contributed by atoms with van der Waals surface area (Å²) in [5.41, 5.74) is -4.16. The molecular weight excluding hydrogens is 455 g/mol. The molecule has 0 bridgehead atoms. The number of aromatic nitrogens is 2. The number of rotatable bonds is 11.